The SMILES string of the molecule is CC1CC[NH+](CC(=O)Nc2ccc(C(=O)N(C)C)cc2)CC1. The largest absolute Gasteiger partial charge is 0.345 e. The first-order valence-electron chi connectivity index (χ1n) is 7.91. The van der Waals surface area contributed by atoms with Crippen LogP contribution in [0.5, 0.6) is 0 Å². The fourth-order valence-corrected chi connectivity index (χ4v) is 2.73. The van der Waals surface area contributed by atoms with Crippen molar-refractivity contribution in [2.45, 2.75) is 19.8 Å². The molecule has 5 nitrogen and oxygen atoms in total. The average molecular weight is 304 g/mol. The second-order valence-corrected chi connectivity index (χ2v) is 6.43. The number of anilines is 1. The van der Waals surface area contributed by atoms with Crippen molar-refractivity contribution < 1.29 is 14.5 Å². The number of hydrogen-bond acceptors (Lipinski definition) is 2. The first-order valence-corrected chi connectivity index (χ1v) is 7.91. The van der Waals surface area contributed by atoms with Gasteiger partial charge >= 0.3 is 0 Å². The topological polar surface area (TPSA) is 53.9 Å². The predicted octanol–water partition coefficient (Wildman–Crippen LogP) is 0.642. The van der Waals surface area contributed by atoms with Crippen molar-refractivity contribution in [3.63, 3.8) is 0 Å². The highest BCUT2D eigenvalue weighted by atomic mass is 16.2. The van der Waals surface area contributed by atoms with Crippen LogP contribution in [0.4, 0.5) is 5.69 Å². The predicted molar refractivity (Wildman–Crippen MR) is 87.1 cm³/mol. The summed E-state index contributed by atoms with van der Waals surface area (Å²) in [6.07, 6.45) is 2.40. The number of amides is 2. The van der Waals surface area contributed by atoms with Crippen molar-refractivity contribution in [2.24, 2.45) is 5.92 Å². The Morgan fingerprint density at radius 3 is 2.32 bits per heavy atom. The molecule has 0 atom stereocenters. The smallest absolute Gasteiger partial charge is 0.279 e. The molecule has 5 heteroatoms. The lowest BCUT2D eigenvalue weighted by atomic mass is 9.99. The molecule has 1 aliphatic rings. The molecule has 2 amide bonds. The van der Waals surface area contributed by atoms with Crippen LogP contribution in [0.2, 0.25) is 0 Å². The van der Waals surface area contributed by atoms with Gasteiger partial charge in [0.1, 0.15) is 0 Å². The maximum atomic E-state index is 12.1. The van der Waals surface area contributed by atoms with Crippen LogP contribution in [0, 0.1) is 5.92 Å². The molecule has 120 valence electrons. The zero-order valence-electron chi connectivity index (χ0n) is 13.7. The number of rotatable bonds is 4. The number of nitrogens with one attached hydrogen (secondary N) is 2. The fourth-order valence-electron chi connectivity index (χ4n) is 2.73. The second-order valence-electron chi connectivity index (χ2n) is 6.43. The van der Waals surface area contributed by atoms with E-state index in [0.717, 1.165) is 24.7 Å². The summed E-state index contributed by atoms with van der Waals surface area (Å²) in [7, 11) is 3.44. The molecule has 1 fully saturated rings. The molecule has 1 heterocycles. The third-order valence-corrected chi connectivity index (χ3v) is 4.21. The van der Waals surface area contributed by atoms with E-state index in [1.165, 1.54) is 22.6 Å². The highest BCUT2D eigenvalue weighted by Gasteiger charge is 2.21. The fraction of sp³-hybridized carbons (Fsp3) is 0.529. The first kappa shape index (κ1) is 16.5. The van der Waals surface area contributed by atoms with E-state index in [0.29, 0.717) is 12.1 Å². The van der Waals surface area contributed by atoms with Crippen LogP contribution in [0.1, 0.15) is 30.1 Å². The van der Waals surface area contributed by atoms with Gasteiger partial charge in [-0.3, -0.25) is 9.59 Å². The minimum Gasteiger partial charge on any atom is -0.345 e. The van der Waals surface area contributed by atoms with E-state index in [2.05, 4.69) is 12.2 Å². The molecule has 0 aliphatic carbocycles. The van der Waals surface area contributed by atoms with Crippen molar-refractivity contribution in [3.05, 3.63) is 29.8 Å². The second kappa shape index (κ2) is 7.40. The zero-order valence-corrected chi connectivity index (χ0v) is 13.7. The van der Waals surface area contributed by atoms with Gasteiger partial charge in [-0.05, 0) is 43.0 Å². The van der Waals surface area contributed by atoms with E-state index >= 15 is 0 Å². The van der Waals surface area contributed by atoms with Crippen LogP contribution in [-0.2, 0) is 4.79 Å². The van der Waals surface area contributed by atoms with Crippen molar-refractivity contribution >= 4 is 17.5 Å². The standard InChI is InChI=1S/C17H25N3O2/c1-13-8-10-20(11-9-13)12-16(21)18-15-6-4-14(5-7-15)17(22)19(2)3/h4-7,13H,8-12H2,1-3H3,(H,18,21)/p+1. The summed E-state index contributed by atoms with van der Waals surface area (Å²) in [5, 5.41) is 2.91. The highest BCUT2D eigenvalue weighted by Crippen LogP contribution is 2.11. The first-order chi connectivity index (χ1) is 10.5. The van der Waals surface area contributed by atoms with E-state index in [1.807, 2.05) is 0 Å². The van der Waals surface area contributed by atoms with Crippen LogP contribution >= 0.6 is 0 Å². The minimum absolute atomic E-state index is 0.0373. The lowest BCUT2D eigenvalue weighted by Crippen LogP contribution is -3.14. The van der Waals surface area contributed by atoms with Gasteiger partial charge < -0.3 is 15.1 Å². The third kappa shape index (κ3) is 4.56. The maximum Gasteiger partial charge on any atom is 0.279 e. The van der Waals surface area contributed by atoms with Crippen molar-refractivity contribution in [1.29, 1.82) is 0 Å². The number of benzene rings is 1. The number of piperidine rings is 1. The molecule has 2 rings (SSSR count). The molecule has 2 N–H and O–H groups in total. The third-order valence-electron chi connectivity index (χ3n) is 4.21. The molecule has 1 saturated heterocycles. The van der Waals surface area contributed by atoms with Crippen molar-refractivity contribution in [2.75, 3.05) is 39.0 Å². The van der Waals surface area contributed by atoms with E-state index in [1.54, 1.807) is 38.4 Å². The van der Waals surface area contributed by atoms with Crippen LogP contribution < -0.4 is 10.2 Å². The van der Waals surface area contributed by atoms with Gasteiger partial charge in [-0.1, -0.05) is 6.92 Å². The monoisotopic (exact) mass is 304 g/mol. The summed E-state index contributed by atoms with van der Waals surface area (Å²) in [5.74, 6) is 0.787. The summed E-state index contributed by atoms with van der Waals surface area (Å²) in [6.45, 7) is 4.94. The Morgan fingerprint density at radius 2 is 1.77 bits per heavy atom. The lowest BCUT2D eigenvalue weighted by molar-refractivity contribution is -0.897. The quantitative estimate of drug-likeness (QED) is 0.858. The Labute approximate surface area is 132 Å². The zero-order chi connectivity index (χ0) is 16.1. The Hall–Kier alpha value is -1.88. The molecule has 0 aromatic heterocycles. The summed E-state index contributed by atoms with van der Waals surface area (Å²) in [4.78, 5) is 26.8. The molecule has 1 aromatic rings. The van der Waals surface area contributed by atoms with Gasteiger partial charge in [0, 0.05) is 25.3 Å². The number of quaternary nitrogens is 1. The molecule has 22 heavy (non-hydrogen) atoms. The molecule has 1 aliphatic heterocycles. The van der Waals surface area contributed by atoms with Crippen LogP contribution in [0.15, 0.2) is 24.3 Å². The molecular weight excluding hydrogens is 278 g/mol. The Morgan fingerprint density at radius 1 is 1.18 bits per heavy atom. The van der Waals surface area contributed by atoms with Crippen LogP contribution in [0.25, 0.3) is 0 Å². The normalized spacial score (nSPS) is 21.2. The van der Waals surface area contributed by atoms with E-state index in [4.69, 9.17) is 0 Å². The molecule has 0 bridgehead atoms. The number of nitrogens with zero attached hydrogens (tertiary/aromatic N) is 1. The van der Waals surface area contributed by atoms with Gasteiger partial charge in [-0.15, -0.1) is 0 Å². The highest BCUT2D eigenvalue weighted by molar-refractivity contribution is 5.95. The molecule has 1 aromatic carbocycles. The summed E-state index contributed by atoms with van der Waals surface area (Å²) in [5.41, 5.74) is 1.36. The molecule has 0 spiro atoms. The van der Waals surface area contributed by atoms with Crippen LogP contribution in [-0.4, -0.2) is 50.4 Å². The van der Waals surface area contributed by atoms with E-state index in [-0.39, 0.29) is 11.8 Å². The summed E-state index contributed by atoms with van der Waals surface area (Å²) >= 11 is 0. The Bertz CT molecular complexity index is 517. The average Bonchev–Trinajstić information content (AvgIpc) is 2.49. The van der Waals surface area contributed by atoms with E-state index in [9.17, 15) is 9.59 Å². The lowest BCUT2D eigenvalue weighted by Gasteiger charge is -2.26. The van der Waals surface area contributed by atoms with Crippen molar-refractivity contribution in [1.82, 2.24) is 4.90 Å². The van der Waals surface area contributed by atoms with Gasteiger partial charge in [0.25, 0.3) is 11.8 Å². The molecule has 0 unspecified atom stereocenters. The number of carbonyl (C=O) groups is 2. The molecule has 0 saturated carbocycles. The molecule has 0 radical (unpaired) electrons. The van der Waals surface area contributed by atoms with Gasteiger partial charge in [0.05, 0.1) is 13.1 Å². The Balaban J connectivity index is 1.85. The van der Waals surface area contributed by atoms with Gasteiger partial charge in [-0.25, -0.2) is 0 Å². The summed E-state index contributed by atoms with van der Waals surface area (Å²) < 4.78 is 0. The Kier molecular flexibility index (Phi) is 5.55. The minimum atomic E-state index is -0.0373. The number of hydrogen-bond donors (Lipinski definition) is 2. The van der Waals surface area contributed by atoms with Crippen molar-refractivity contribution in [3.8, 4) is 0 Å². The van der Waals surface area contributed by atoms with E-state index < -0.39 is 0 Å². The van der Waals surface area contributed by atoms with Crippen LogP contribution in [0.3, 0.4) is 0 Å². The van der Waals surface area contributed by atoms with Gasteiger partial charge in [0.15, 0.2) is 6.54 Å². The maximum absolute atomic E-state index is 12.1. The number of carbonyl (C=O) groups excluding carboxylic acids is 2. The summed E-state index contributed by atoms with van der Waals surface area (Å²) in [6, 6.07) is 7.05. The van der Waals surface area contributed by atoms with Gasteiger partial charge in [0.2, 0.25) is 0 Å². The van der Waals surface area contributed by atoms with Gasteiger partial charge in [-0.2, -0.15) is 0 Å². The molecular formula is C17H26N3O2+. The number of likely N-dealkylation sites (tertiary alicyclic amines) is 1.